The molecular formula is C29H33O4P. The van der Waals surface area contributed by atoms with Crippen molar-refractivity contribution in [1.29, 1.82) is 0 Å². The molecule has 1 heterocycles. The lowest BCUT2D eigenvalue weighted by molar-refractivity contribution is -0.0608. The predicted molar refractivity (Wildman–Crippen MR) is 139 cm³/mol. The molecule has 0 saturated carbocycles. The molecule has 0 aliphatic carbocycles. The highest BCUT2D eigenvalue weighted by Gasteiger charge is 2.29. The van der Waals surface area contributed by atoms with Crippen molar-refractivity contribution in [2.75, 3.05) is 13.2 Å². The van der Waals surface area contributed by atoms with Crippen LogP contribution in [0.3, 0.4) is 0 Å². The van der Waals surface area contributed by atoms with E-state index in [2.05, 4.69) is 64.1 Å². The van der Waals surface area contributed by atoms with Crippen LogP contribution >= 0.6 is 8.15 Å². The third kappa shape index (κ3) is 6.54. The number of ether oxygens (including phenoxy) is 2. The van der Waals surface area contributed by atoms with Crippen LogP contribution in [0.1, 0.15) is 45.5 Å². The van der Waals surface area contributed by atoms with Gasteiger partial charge in [0.15, 0.2) is 0 Å². The zero-order valence-corrected chi connectivity index (χ0v) is 21.3. The zero-order chi connectivity index (χ0) is 24.1. The molecule has 0 bridgehead atoms. The van der Waals surface area contributed by atoms with E-state index in [9.17, 15) is 4.79 Å². The molecule has 0 radical (unpaired) electrons. The quantitative estimate of drug-likeness (QED) is 0.325. The number of carbonyl (C=O) groups is 1. The second kappa shape index (κ2) is 11.3. The van der Waals surface area contributed by atoms with Crippen LogP contribution in [0.25, 0.3) is 0 Å². The second-order valence-corrected chi connectivity index (χ2v) is 11.0. The summed E-state index contributed by atoms with van der Waals surface area (Å²) in [4.78, 5) is 12.3. The minimum Gasteiger partial charge on any atom is -0.459 e. The summed E-state index contributed by atoms with van der Waals surface area (Å²) in [6.45, 7) is 9.38. The summed E-state index contributed by atoms with van der Waals surface area (Å²) in [7, 11) is -0.979. The van der Waals surface area contributed by atoms with Crippen molar-refractivity contribution in [2.24, 2.45) is 0 Å². The standard InChI is InChI=1S/C29H33O4P/c1-20-12-21(2)15-27(14-20)34(28-16-22(3)13-23(4)17-28)33-25-10-11-31-26(18-25)19-32-29(30)24-8-6-5-7-9-24/h5-9,12-17,25-26H,10-11,18-19H2,1-4H3/t25?,26-/m0/s1. The molecule has 0 spiro atoms. The molecule has 0 amide bonds. The first-order chi connectivity index (χ1) is 16.4. The van der Waals surface area contributed by atoms with Crippen LogP contribution < -0.4 is 10.6 Å². The third-order valence-corrected chi connectivity index (χ3v) is 7.83. The van der Waals surface area contributed by atoms with Gasteiger partial charge in [-0.05, 0) is 70.5 Å². The Bertz CT molecular complexity index is 1040. The molecule has 1 saturated heterocycles. The molecule has 34 heavy (non-hydrogen) atoms. The second-order valence-electron chi connectivity index (χ2n) is 9.20. The molecule has 3 aromatic carbocycles. The van der Waals surface area contributed by atoms with Crippen LogP contribution in [0.2, 0.25) is 0 Å². The van der Waals surface area contributed by atoms with Gasteiger partial charge in [-0.1, -0.05) is 52.6 Å². The fourth-order valence-electron chi connectivity index (χ4n) is 4.44. The van der Waals surface area contributed by atoms with Crippen molar-refractivity contribution >= 4 is 24.7 Å². The van der Waals surface area contributed by atoms with Crippen molar-refractivity contribution in [2.45, 2.75) is 52.7 Å². The molecule has 2 atom stereocenters. The van der Waals surface area contributed by atoms with Gasteiger partial charge in [-0.2, -0.15) is 0 Å². The van der Waals surface area contributed by atoms with Crippen molar-refractivity contribution < 1.29 is 18.8 Å². The SMILES string of the molecule is Cc1cc(C)cc(P(OC2CCO[C@H](COC(=O)c3ccccc3)C2)c2cc(C)cc(C)c2)c1. The van der Waals surface area contributed by atoms with E-state index < -0.39 is 8.15 Å². The lowest BCUT2D eigenvalue weighted by Gasteiger charge is -2.32. The van der Waals surface area contributed by atoms with Gasteiger partial charge in [-0.25, -0.2) is 4.79 Å². The van der Waals surface area contributed by atoms with Gasteiger partial charge in [0.1, 0.15) is 6.61 Å². The number of carbonyl (C=O) groups excluding carboxylic acids is 1. The maximum absolute atomic E-state index is 12.3. The van der Waals surface area contributed by atoms with Crippen molar-refractivity contribution in [3.05, 3.63) is 94.5 Å². The Morgan fingerprint density at radius 3 is 2.00 bits per heavy atom. The largest absolute Gasteiger partial charge is 0.459 e. The summed E-state index contributed by atoms with van der Waals surface area (Å²) in [5.74, 6) is -0.319. The van der Waals surface area contributed by atoms with E-state index >= 15 is 0 Å². The first-order valence-corrected chi connectivity index (χ1v) is 13.1. The first kappa shape index (κ1) is 24.6. The molecule has 4 nitrogen and oxygen atoms in total. The van der Waals surface area contributed by atoms with E-state index in [1.165, 1.54) is 32.9 Å². The normalized spacial score (nSPS) is 18.1. The summed E-state index contributed by atoms with van der Waals surface area (Å²) in [5.41, 5.74) is 5.53. The summed E-state index contributed by atoms with van der Waals surface area (Å²) in [6, 6.07) is 22.4. The van der Waals surface area contributed by atoms with Crippen LogP contribution in [0.5, 0.6) is 0 Å². The monoisotopic (exact) mass is 476 g/mol. The van der Waals surface area contributed by atoms with E-state index in [1.54, 1.807) is 12.1 Å². The summed E-state index contributed by atoms with van der Waals surface area (Å²) >= 11 is 0. The molecule has 3 aromatic rings. The number of hydrogen-bond acceptors (Lipinski definition) is 4. The Kier molecular flexibility index (Phi) is 8.15. The van der Waals surface area contributed by atoms with Gasteiger partial charge < -0.3 is 14.0 Å². The van der Waals surface area contributed by atoms with Crippen LogP contribution in [-0.2, 0) is 14.0 Å². The van der Waals surface area contributed by atoms with Crippen LogP contribution in [0.4, 0.5) is 0 Å². The molecule has 1 fully saturated rings. The average molecular weight is 477 g/mol. The fraction of sp³-hybridized carbons (Fsp3) is 0.345. The lowest BCUT2D eigenvalue weighted by atomic mass is 10.1. The van der Waals surface area contributed by atoms with Crippen LogP contribution in [-0.4, -0.2) is 31.4 Å². The molecule has 0 N–H and O–H groups in total. The van der Waals surface area contributed by atoms with Gasteiger partial charge in [0, 0.05) is 23.6 Å². The van der Waals surface area contributed by atoms with E-state index in [0.29, 0.717) is 18.6 Å². The van der Waals surface area contributed by atoms with Crippen LogP contribution in [0, 0.1) is 27.7 Å². The Hall–Kier alpha value is -2.52. The highest BCUT2D eigenvalue weighted by molar-refractivity contribution is 7.68. The summed E-state index contributed by atoms with van der Waals surface area (Å²) in [6.07, 6.45) is 1.41. The number of hydrogen-bond donors (Lipinski definition) is 0. The van der Waals surface area contributed by atoms with Crippen molar-refractivity contribution in [3.8, 4) is 0 Å². The highest BCUT2D eigenvalue weighted by Crippen LogP contribution is 2.40. The molecule has 5 heteroatoms. The molecule has 1 aliphatic heterocycles. The minimum atomic E-state index is -0.979. The molecular weight excluding hydrogens is 443 g/mol. The molecule has 4 rings (SSSR count). The maximum Gasteiger partial charge on any atom is 0.338 e. The van der Waals surface area contributed by atoms with Gasteiger partial charge in [-0.15, -0.1) is 0 Å². The van der Waals surface area contributed by atoms with Crippen molar-refractivity contribution in [3.63, 3.8) is 0 Å². The average Bonchev–Trinajstić information content (AvgIpc) is 2.80. The van der Waals surface area contributed by atoms with Gasteiger partial charge in [0.25, 0.3) is 0 Å². The first-order valence-electron chi connectivity index (χ1n) is 11.8. The van der Waals surface area contributed by atoms with E-state index in [4.69, 9.17) is 14.0 Å². The van der Waals surface area contributed by atoms with Crippen LogP contribution in [0.15, 0.2) is 66.7 Å². The number of benzene rings is 3. The lowest BCUT2D eigenvalue weighted by Crippen LogP contribution is -2.35. The third-order valence-electron chi connectivity index (χ3n) is 5.87. The predicted octanol–water partition coefficient (Wildman–Crippen LogP) is 5.69. The molecule has 1 unspecified atom stereocenters. The minimum absolute atomic E-state index is 0.0434. The smallest absolute Gasteiger partial charge is 0.338 e. The molecule has 178 valence electrons. The maximum atomic E-state index is 12.3. The van der Waals surface area contributed by atoms with Gasteiger partial charge in [0.2, 0.25) is 0 Å². The number of rotatable bonds is 7. The van der Waals surface area contributed by atoms with Gasteiger partial charge >= 0.3 is 5.97 Å². The summed E-state index contributed by atoms with van der Waals surface area (Å²) in [5, 5.41) is 2.46. The van der Waals surface area contributed by atoms with E-state index in [-0.39, 0.29) is 24.8 Å². The Balaban J connectivity index is 1.48. The Morgan fingerprint density at radius 2 is 1.44 bits per heavy atom. The molecule has 1 aliphatic rings. The Morgan fingerprint density at radius 1 is 0.882 bits per heavy atom. The number of aryl methyl sites for hydroxylation is 4. The highest BCUT2D eigenvalue weighted by atomic mass is 31.1. The summed E-state index contributed by atoms with van der Waals surface area (Å²) < 4.78 is 18.3. The van der Waals surface area contributed by atoms with Crippen molar-refractivity contribution in [1.82, 2.24) is 0 Å². The molecule has 0 aromatic heterocycles. The fourth-order valence-corrected chi connectivity index (χ4v) is 6.75. The topological polar surface area (TPSA) is 44.8 Å². The Labute approximate surface area is 204 Å². The number of esters is 1. The zero-order valence-electron chi connectivity index (χ0n) is 20.4. The van der Waals surface area contributed by atoms with E-state index in [1.807, 2.05) is 18.2 Å². The van der Waals surface area contributed by atoms with Gasteiger partial charge in [-0.3, -0.25) is 0 Å². The van der Waals surface area contributed by atoms with Gasteiger partial charge in [0.05, 0.1) is 25.9 Å². The van der Waals surface area contributed by atoms with E-state index in [0.717, 1.165) is 6.42 Å².